The highest BCUT2D eigenvalue weighted by atomic mass is 19.4. The summed E-state index contributed by atoms with van der Waals surface area (Å²) < 4.78 is 44.5. The van der Waals surface area contributed by atoms with Crippen LogP contribution in [-0.4, -0.2) is 42.6 Å². The molecule has 0 amide bonds. The van der Waals surface area contributed by atoms with Crippen molar-refractivity contribution in [3.63, 3.8) is 0 Å². The predicted molar refractivity (Wildman–Crippen MR) is 76.8 cm³/mol. The van der Waals surface area contributed by atoms with Gasteiger partial charge in [0.25, 0.3) is 0 Å². The molecule has 0 aliphatic carbocycles. The second-order valence-corrected chi connectivity index (χ2v) is 6.03. The lowest BCUT2D eigenvalue weighted by Crippen LogP contribution is -2.34. The molecule has 1 fully saturated rings. The van der Waals surface area contributed by atoms with E-state index in [0.717, 1.165) is 37.5 Å². The summed E-state index contributed by atoms with van der Waals surface area (Å²) >= 11 is 0. The van der Waals surface area contributed by atoms with Crippen molar-refractivity contribution in [1.82, 2.24) is 29.9 Å². The molecule has 1 aliphatic rings. The first-order valence-electron chi connectivity index (χ1n) is 7.81. The molecule has 1 atom stereocenters. The Morgan fingerprint density at radius 1 is 1.17 bits per heavy atom. The molecular formula is C14H19F3N6O. The van der Waals surface area contributed by atoms with Gasteiger partial charge >= 0.3 is 6.18 Å². The summed E-state index contributed by atoms with van der Waals surface area (Å²) in [7, 11) is 1.89. The maximum absolute atomic E-state index is 12.4. The number of nitrogens with zero attached hydrogens (tertiary/aromatic N) is 6. The Bertz CT molecular complexity index is 695. The fraction of sp³-hybridized carbons (Fsp3) is 0.714. The molecule has 3 heterocycles. The molecule has 3 rings (SSSR count). The molecule has 0 spiro atoms. The summed E-state index contributed by atoms with van der Waals surface area (Å²) in [6.45, 7) is 3.21. The Labute approximate surface area is 136 Å². The lowest BCUT2D eigenvalue weighted by molar-refractivity contribution is -0.131. The van der Waals surface area contributed by atoms with Gasteiger partial charge in [-0.1, -0.05) is 6.42 Å². The minimum Gasteiger partial charge on any atom is -0.423 e. The second kappa shape index (κ2) is 6.50. The van der Waals surface area contributed by atoms with Crippen LogP contribution in [0.4, 0.5) is 13.2 Å². The number of alkyl halides is 3. The lowest BCUT2D eigenvalue weighted by Gasteiger charge is -2.32. The van der Waals surface area contributed by atoms with Crippen LogP contribution in [0.2, 0.25) is 0 Å². The summed E-state index contributed by atoms with van der Waals surface area (Å²) in [5.74, 6) is 1.46. The minimum absolute atomic E-state index is 0.190. The van der Waals surface area contributed by atoms with Crippen LogP contribution in [0.1, 0.15) is 48.7 Å². The zero-order valence-electron chi connectivity index (χ0n) is 13.5. The van der Waals surface area contributed by atoms with Crippen LogP contribution in [0.15, 0.2) is 4.42 Å². The zero-order chi connectivity index (χ0) is 17.3. The van der Waals surface area contributed by atoms with E-state index in [-0.39, 0.29) is 11.9 Å². The maximum atomic E-state index is 12.4. The zero-order valence-corrected chi connectivity index (χ0v) is 13.5. The van der Waals surface area contributed by atoms with E-state index >= 15 is 0 Å². The standard InChI is InChI=1S/C14H19F3N6O/c1-9-18-19-11(22(9)2)8-23-6-4-3-5-10(23)13-21-20-12(24-13)7-14(15,16)17/h10H,3-8H2,1-2H3/t10-/m1/s1. The maximum Gasteiger partial charge on any atom is 0.397 e. The number of rotatable bonds is 4. The molecule has 0 unspecified atom stereocenters. The van der Waals surface area contributed by atoms with Crippen molar-refractivity contribution in [2.24, 2.45) is 7.05 Å². The van der Waals surface area contributed by atoms with E-state index in [0.29, 0.717) is 6.54 Å². The summed E-state index contributed by atoms with van der Waals surface area (Å²) in [4.78, 5) is 2.11. The van der Waals surface area contributed by atoms with Crippen molar-refractivity contribution in [2.45, 2.75) is 51.4 Å². The van der Waals surface area contributed by atoms with Gasteiger partial charge in [0.05, 0.1) is 12.6 Å². The first kappa shape index (κ1) is 16.9. The van der Waals surface area contributed by atoms with E-state index in [4.69, 9.17) is 4.42 Å². The summed E-state index contributed by atoms with van der Waals surface area (Å²) in [6.07, 6.45) is -2.81. The van der Waals surface area contributed by atoms with Crippen molar-refractivity contribution in [2.75, 3.05) is 6.54 Å². The Morgan fingerprint density at radius 3 is 2.62 bits per heavy atom. The molecule has 10 heteroatoms. The summed E-state index contributed by atoms with van der Waals surface area (Å²) in [5, 5.41) is 15.6. The third-order valence-corrected chi connectivity index (χ3v) is 4.26. The molecule has 24 heavy (non-hydrogen) atoms. The van der Waals surface area contributed by atoms with Gasteiger partial charge in [-0.3, -0.25) is 4.90 Å². The second-order valence-electron chi connectivity index (χ2n) is 6.03. The minimum atomic E-state index is -4.35. The highest BCUT2D eigenvalue weighted by molar-refractivity contribution is 4.98. The highest BCUT2D eigenvalue weighted by Crippen LogP contribution is 2.32. The number of aromatic nitrogens is 5. The van der Waals surface area contributed by atoms with Gasteiger partial charge in [0.1, 0.15) is 18.1 Å². The predicted octanol–water partition coefficient (Wildman–Crippen LogP) is 2.34. The molecule has 1 aliphatic heterocycles. The Morgan fingerprint density at radius 2 is 1.96 bits per heavy atom. The molecule has 7 nitrogen and oxygen atoms in total. The lowest BCUT2D eigenvalue weighted by atomic mass is 10.0. The monoisotopic (exact) mass is 344 g/mol. The molecule has 2 aromatic rings. The normalized spacial score (nSPS) is 19.8. The molecular weight excluding hydrogens is 325 g/mol. The number of halogens is 3. The highest BCUT2D eigenvalue weighted by Gasteiger charge is 2.33. The quantitative estimate of drug-likeness (QED) is 0.848. The molecule has 0 bridgehead atoms. The van der Waals surface area contributed by atoms with Crippen LogP contribution >= 0.6 is 0 Å². The first-order valence-corrected chi connectivity index (χ1v) is 7.81. The van der Waals surface area contributed by atoms with Crippen molar-refractivity contribution in [1.29, 1.82) is 0 Å². The summed E-state index contributed by atoms with van der Waals surface area (Å²) in [6, 6.07) is -0.190. The van der Waals surface area contributed by atoms with Gasteiger partial charge in [0.15, 0.2) is 0 Å². The molecule has 132 valence electrons. The fourth-order valence-corrected chi connectivity index (χ4v) is 2.87. The fourth-order valence-electron chi connectivity index (χ4n) is 2.87. The molecule has 0 aromatic carbocycles. The van der Waals surface area contributed by atoms with Crippen molar-refractivity contribution in [3.05, 3.63) is 23.4 Å². The van der Waals surface area contributed by atoms with Crippen LogP contribution in [0.5, 0.6) is 0 Å². The number of piperidine rings is 1. The van der Waals surface area contributed by atoms with Crippen LogP contribution in [0.3, 0.4) is 0 Å². The number of hydrogen-bond donors (Lipinski definition) is 0. The van der Waals surface area contributed by atoms with Gasteiger partial charge in [-0.15, -0.1) is 20.4 Å². The first-order chi connectivity index (χ1) is 11.3. The van der Waals surface area contributed by atoms with Crippen LogP contribution < -0.4 is 0 Å². The van der Waals surface area contributed by atoms with Crippen molar-refractivity contribution >= 4 is 0 Å². The largest absolute Gasteiger partial charge is 0.423 e. The SMILES string of the molecule is Cc1nnc(CN2CCCC[C@@H]2c2nnc(CC(F)(F)F)o2)n1C. The van der Waals surface area contributed by atoms with Crippen molar-refractivity contribution < 1.29 is 17.6 Å². The summed E-state index contributed by atoms with van der Waals surface area (Å²) in [5.41, 5.74) is 0. The Hall–Kier alpha value is -1.97. The van der Waals surface area contributed by atoms with Gasteiger partial charge in [0.2, 0.25) is 11.8 Å². The molecule has 2 aromatic heterocycles. The smallest absolute Gasteiger partial charge is 0.397 e. The van der Waals surface area contributed by atoms with E-state index in [1.165, 1.54) is 0 Å². The molecule has 0 saturated carbocycles. The number of hydrogen-bond acceptors (Lipinski definition) is 6. The Kier molecular flexibility index (Phi) is 4.57. The molecule has 0 radical (unpaired) electrons. The van der Waals surface area contributed by atoms with Crippen LogP contribution in [0.25, 0.3) is 0 Å². The van der Waals surface area contributed by atoms with Gasteiger partial charge < -0.3 is 8.98 Å². The topological polar surface area (TPSA) is 72.9 Å². The van der Waals surface area contributed by atoms with Gasteiger partial charge in [0, 0.05) is 7.05 Å². The van der Waals surface area contributed by atoms with E-state index < -0.39 is 18.5 Å². The number of likely N-dealkylation sites (tertiary alicyclic amines) is 1. The van der Waals surface area contributed by atoms with E-state index in [9.17, 15) is 13.2 Å². The van der Waals surface area contributed by atoms with E-state index in [2.05, 4.69) is 25.3 Å². The average molecular weight is 344 g/mol. The average Bonchev–Trinajstić information content (AvgIpc) is 3.08. The van der Waals surface area contributed by atoms with Gasteiger partial charge in [-0.25, -0.2) is 0 Å². The van der Waals surface area contributed by atoms with Gasteiger partial charge in [-0.05, 0) is 26.3 Å². The number of aryl methyl sites for hydroxylation is 1. The Balaban J connectivity index is 1.76. The third kappa shape index (κ3) is 3.74. The third-order valence-electron chi connectivity index (χ3n) is 4.26. The van der Waals surface area contributed by atoms with Crippen LogP contribution in [0, 0.1) is 6.92 Å². The molecule has 0 N–H and O–H groups in total. The van der Waals surface area contributed by atoms with E-state index in [1.54, 1.807) is 0 Å². The van der Waals surface area contributed by atoms with Crippen LogP contribution in [-0.2, 0) is 20.0 Å². The van der Waals surface area contributed by atoms with E-state index in [1.807, 2.05) is 18.5 Å². The molecule has 1 saturated heterocycles. The van der Waals surface area contributed by atoms with Crippen molar-refractivity contribution in [3.8, 4) is 0 Å². The van der Waals surface area contributed by atoms with Gasteiger partial charge in [-0.2, -0.15) is 13.2 Å².